The number of rotatable bonds is 4. The zero-order valence-corrected chi connectivity index (χ0v) is 17.5. The van der Waals surface area contributed by atoms with Crippen molar-refractivity contribution in [3.8, 4) is 0 Å². The van der Waals surface area contributed by atoms with Crippen LogP contribution in [0.25, 0.3) is 0 Å². The number of benzene rings is 2. The number of para-hydroxylation sites is 1. The van der Waals surface area contributed by atoms with E-state index in [2.05, 4.69) is 38.1 Å². The first kappa shape index (κ1) is 20.2. The van der Waals surface area contributed by atoms with Crippen LogP contribution in [-0.4, -0.2) is 31.3 Å². The summed E-state index contributed by atoms with van der Waals surface area (Å²) in [5, 5.41) is 5.74. The van der Waals surface area contributed by atoms with E-state index in [4.69, 9.17) is 18.0 Å². The molecule has 1 heterocycles. The van der Waals surface area contributed by atoms with Gasteiger partial charge in [-0.25, -0.2) is 4.99 Å². The smallest absolute Gasteiger partial charge is 0.226 e. The molecule has 3 rings (SSSR count). The van der Waals surface area contributed by atoms with E-state index >= 15 is 0 Å². The van der Waals surface area contributed by atoms with Gasteiger partial charge in [0.05, 0.1) is 5.69 Å². The Balaban J connectivity index is 1.70. The zero-order chi connectivity index (χ0) is 19.8. The number of nitrogens with two attached hydrogens (primary N) is 1. The predicted molar refractivity (Wildman–Crippen MR) is 122 cm³/mol. The third-order valence-electron chi connectivity index (χ3n) is 3.47. The van der Waals surface area contributed by atoms with Gasteiger partial charge in [0.15, 0.2) is 5.17 Å². The first-order valence-corrected chi connectivity index (χ1v) is 10.9. The average Bonchev–Trinajstić information content (AvgIpc) is 3.12. The highest BCUT2D eigenvalue weighted by Gasteiger charge is 2.11. The highest BCUT2D eigenvalue weighted by Crippen LogP contribution is 2.17. The van der Waals surface area contributed by atoms with Crippen molar-refractivity contribution in [1.29, 1.82) is 0 Å². The number of thioether (sulfide) groups is 2. The van der Waals surface area contributed by atoms with Gasteiger partial charge in [-0.3, -0.25) is 10.9 Å². The average molecular weight is 430 g/mol. The van der Waals surface area contributed by atoms with Crippen LogP contribution in [0.2, 0.25) is 0 Å². The first-order valence-electron chi connectivity index (χ1n) is 8.29. The van der Waals surface area contributed by atoms with E-state index in [1.54, 1.807) is 11.8 Å². The van der Waals surface area contributed by atoms with Crippen molar-refractivity contribution in [1.82, 2.24) is 25.6 Å². The van der Waals surface area contributed by atoms with Gasteiger partial charge in [-0.2, -0.15) is 9.67 Å². The molecule has 0 aliphatic carbocycles. The van der Waals surface area contributed by atoms with Gasteiger partial charge < -0.3 is 5.73 Å². The topological polar surface area (TPSA) is 93.1 Å². The molecule has 4 N–H and O–H groups in total. The number of hydrogen-bond acceptors (Lipinski definition) is 7. The van der Waals surface area contributed by atoms with Gasteiger partial charge in [-0.1, -0.05) is 72.1 Å². The Bertz CT molecular complexity index is 942. The third-order valence-corrected chi connectivity index (χ3v) is 5.23. The van der Waals surface area contributed by atoms with E-state index in [-0.39, 0.29) is 11.1 Å². The second-order valence-corrected chi connectivity index (χ2v) is 7.57. The summed E-state index contributed by atoms with van der Waals surface area (Å²) in [4.78, 5) is 8.77. The Kier molecular flexibility index (Phi) is 7.29. The van der Waals surface area contributed by atoms with Crippen LogP contribution in [-0.2, 0) is 5.75 Å². The molecule has 28 heavy (non-hydrogen) atoms. The minimum absolute atomic E-state index is 0.224. The van der Waals surface area contributed by atoms with Crippen molar-refractivity contribution < 1.29 is 0 Å². The van der Waals surface area contributed by atoms with Gasteiger partial charge in [-0.05, 0) is 36.2 Å². The lowest BCUT2D eigenvalue weighted by Crippen LogP contribution is -2.43. The molecule has 0 spiro atoms. The SMILES string of the molecule is CSc1nc(N)n(C(=S)NNC(=Nc2ccccc2)SCc2ccccc2)n1. The predicted octanol–water partition coefficient (Wildman–Crippen LogP) is 3.43. The summed E-state index contributed by atoms with van der Waals surface area (Å²) >= 11 is 8.31. The van der Waals surface area contributed by atoms with Crippen molar-refractivity contribution >= 4 is 57.7 Å². The van der Waals surface area contributed by atoms with Gasteiger partial charge in [-0.15, -0.1) is 5.10 Å². The van der Waals surface area contributed by atoms with Crippen LogP contribution in [0.3, 0.4) is 0 Å². The fourth-order valence-corrected chi connectivity index (χ4v) is 3.46. The molecule has 0 atom stereocenters. The summed E-state index contributed by atoms with van der Waals surface area (Å²) < 4.78 is 1.37. The molecule has 144 valence electrons. The van der Waals surface area contributed by atoms with Crippen LogP contribution in [0.5, 0.6) is 0 Å². The van der Waals surface area contributed by atoms with Gasteiger partial charge >= 0.3 is 0 Å². The molecule has 1 aromatic heterocycles. The monoisotopic (exact) mass is 429 g/mol. The van der Waals surface area contributed by atoms with E-state index in [0.29, 0.717) is 10.3 Å². The summed E-state index contributed by atoms with van der Waals surface area (Å²) in [5.41, 5.74) is 13.9. The molecule has 0 amide bonds. The Labute approximate surface area is 177 Å². The largest absolute Gasteiger partial charge is 0.368 e. The fourth-order valence-electron chi connectivity index (χ4n) is 2.14. The molecule has 0 saturated carbocycles. The minimum Gasteiger partial charge on any atom is -0.368 e. The number of thiocarbonyl (C=S) groups is 1. The van der Waals surface area contributed by atoms with Crippen LogP contribution in [0.1, 0.15) is 5.56 Å². The van der Waals surface area contributed by atoms with Crippen LogP contribution < -0.4 is 16.6 Å². The lowest BCUT2D eigenvalue weighted by Gasteiger charge is -2.13. The Morgan fingerprint density at radius 3 is 2.43 bits per heavy atom. The summed E-state index contributed by atoms with van der Waals surface area (Å²) in [6, 6.07) is 19.9. The summed E-state index contributed by atoms with van der Waals surface area (Å²) in [6.07, 6.45) is 1.87. The maximum Gasteiger partial charge on any atom is 0.226 e. The molecule has 0 radical (unpaired) electrons. The Morgan fingerprint density at radius 1 is 1.11 bits per heavy atom. The normalized spacial score (nSPS) is 11.2. The molecule has 10 heteroatoms. The standard InChI is InChI=1S/C18H19N7S3/c1-27-17-21-15(19)25(24-17)18(26)23-22-16(20-14-10-6-3-7-11-14)28-12-13-8-4-2-5-9-13/h2-11H,12H2,1H3,(H,20,22)(H,23,26)(H2,19,21,24). The van der Waals surface area contributed by atoms with Crippen LogP contribution in [0.15, 0.2) is 70.8 Å². The number of hydrogen-bond donors (Lipinski definition) is 3. The van der Waals surface area contributed by atoms with Crippen LogP contribution >= 0.6 is 35.7 Å². The second-order valence-electron chi connectivity index (χ2n) is 5.45. The zero-order valence-electron chi connectivity index (χ0n) is 15.1. The molecule has 0 bridgehead atoms. The molecule has 0 fully saturated rings. The maximum atomic E-state index is 5.87. The minimum atomic E-state index is 0.224. The van der Waals surface area contributed by atoms with E-state index < -0.39 is 0 Å². The maximum absolute atomic E-state index is 5.87. The summed E-state index contributed by atoms with van der Waals surface area (Å²) in [6.45, 7) is 0. The number of nitrogens with one attached hydrogen (secondary N) is 2. The summed E-state index contributed by atoms with van der Waals surface area (Å²) in [7, 11) is 0. The number of anilines is 1. The van der Waals surface area contributed by atoms with E-state index in [1.807, 2.05) is 54.8 Å². The molecular formula is C18H19N7S3. The van der Waals surface area contributed by atoms with Gasteiger partial charge in [0.1, 0.15) is 0 Å². The van der Waals surface area contributed by atoms with Gasteiger partial charge in [0.25, 0.3) is 0 Å². The molecule has 3 aromatic rings. The number of hydrazine groups is 1. The number of amidine groups is 1. The lowest BCUT2D eigenvalue weighted by atomic mass is 10.2. The number of nitrogen functional groups attached to an aromatic ring is 1. The van der Waals surface area contributed by atoms with Crippen molar-refractivity contribution in [2.75, 3.05) is 12.0 Å². The molecule has 2 aromatic carbocycles. The molecule has 0 unspecified atom stereocenters. The lowest BCUT2D eigenvalue weighted by molar-refractivity contribution is 0.798. The molecule has 0 saturated heterocycles. The number of aromatic nitrogens is 3. The van der Waals surface area contributed by atoms with Gasteiger partial charge in [0.2, 0.25) is 16.2 Å². The first-order chi connectivity index (χ1) is 13.7. The third kappa shape index (κ3) is 5.72. The van der Waals surface area contributed by atoms with E-state index in [0.717, 1.165) is 11.4 Å². The number of nitrogens with zero attached hydrogens (tertiary/aromatic N) is 4. The quantitative estimate of drug-likeness (QED) is 0.191. The van der Waals surface area contributed by atoms with Crippen molar-refractivity contribution in [3.05, 3.63) is 66.2 Å². The van der Waals surface area contributed by atoms with Gasteiger partial charge in [0, 0.05) is 5.75 Å². The molecule has 7 nitrogen and oxygen atoms in total. The molecular weight excluding hydrogens is 410 g/mol. The number of aliphatic imine (C=N–C) groups is 1. The van der Waals surface area contributed by atoms with Crippen molar-refractivity contribution in [2.24, 2.45) is 4.99 Å². The Hall–Kier alpha value is -2.56. The van der Waals surface area contributed by atoms with Crippen molar-refractivity contribution in [2.45, 2.75) is 10.9 Å². The van der Waals surface area contributed by atoms with E-state index in [9.17, 15) is 0 Å². The van der Waals surface area contributed by atoms with Crippen molar-refractivity contribution in [3.63, 3.8) is 0 Å². The fraction of sp³-hybridized carbons (Fsp3) is 0.111. The highest BCUT2D eigenvalue weighted by molar-refractivity contribution is 8.13. The van der Waals surface area contributed by atoms with Crippen LogP contribution in [0, 0.1) is 0 Å². The molecule has 0 aliphatic heterocycles. The van der Waals surface area contributed by atoms with Crippen LogP contribution in [0.4, 0.5) is 11.6 Å². The molecule has 0 aliphatic rings. The second kappa shape index (κ2) is 10.1. The van der Waals surface area contributed by atoms with E-state index in [1.165, 1.54) is 22.0 Å². The Morgan fingerprint density at radius 2 is 1.79 bits per heavy atom. The highest BCUT2D eigenvalue weighted by atomic mass is 32.2. The summed E-state index contributed by atoms with van der Waals surface area (Å²) in [5.74, 6) is 0.984.